The summed E-state index contributed by atoms with van der Waals surface area (Å²) in [6, 6.07) is 9.00. The zero-order valence-corrected chi connectivity index (χ0v) is 17.8. The maximum absolute atomic E-state index is 13.1. The standard InChI is InChI=1S/C21H25N3O4S/c1-5-28-15-8-6-7-14(11-15)12-24-19(26)18-16(9-10-29-18)23(20(24)27)13-17(25)22-21(2,3)4/h6-11H,5,12-13H2,1-4H3,(H,22,25). The summed E-state index contributed by atoms with van der Waals surface area (Å²) < 4.78 is 8.49. The van der Waals surface area contributed by atoms with Crippen LogP contribution in [0.1, 0.15) is 33.3 Å². The van der Waals surface area contributed by atoms with Crippen molar-refractivity contribution in [2.24, 2.45) is 0 Å². The van der Waals surface area contributed by atoms with E-state index < -0.39 is 11.2 Å². The van der Waals surface area contributed by atoms with E-state index in [0.29, 0.717) is 22.6 Å². The molecule has 2 aromatic heterocycles. The monoisotopic (exact) mass is 415 g/mol. The average Bonchev–Trinajstić information content (AvgIpc) is 3.11. The van der Waals surface area contributed by atoms with E-state index in [9.17, 15) is 14.4 Å². The lowest BCUT2D eigenvalue weighted by Crippen LogP contribution is -2.46. The average molecular weight is 416 g/mol. The molecule has 3 aromatic rings. The van der Waals surface area contributed by atoms with Crippen molar-refractivity contribution in [1.29, 1.82) is 0 Å². The van der Waals surface area contributed by atoms with Crippen LogP contribution in [0.5, 0.6) is 5.75 Å². The number of carbonyl (C=O) groups excluding carboxylic acids is 1. The molecule has 1 aromatic carbocycles. The smallest absolute Gasteiger partial charge is 0.332 e. The Balaban J connectivity index is 2.04. The van der Waals surface area contributed by atoms with Crippen LogP contribution in [0.2, 0.25) is 0 Å². The van der Waals surface area contributed by atoms with Crippen molar-refractivity contribution in [2.75, 3.05) is 6.61 Å². The van der Waals surface area contributed by atoms with Crippen molar-refractivity contribution in [1.82, 2.24) is 14.5 Å². The molecule has 0 saturated heterocycles. The molecule has 0 radical (unpaired) electrons. The number of rotatable bonds is 6. The maximum atomic E-state index is 13.1. The number of carbonyl (C=O) groups is 1. The molecule has 1 amide bonds. The minimum atomic E-state index is -0.508. The van der Waals surface area contributed by atoms with Crippen LogP contribution in [0, 0.1) is 0 Å². The molecule has 154 valence electrons. The fourth-order valence-electron chi connectivity index (χ4n) is 3.11. The van der Waals surface area contributed by atoms with E-state index >= 15 is 0 Å². The minimum Gasteiger partial charge on any atom is -0.494 e. The van der Waals surface area contributed by atoms with Crippen molar-refractivity contribution in [3.05, 3.63) is 62.1 Å². The summed E-state index contributed by atoms with van der Waals surface area (Å²) in [6.07, 6.45) is 0. The number of aromatic nitrogens is 2. The predicted molar refractivity (Wildman–Crippen MR) is 115 cm³/mol. The molecule has 0 aliphatic heterocycles. The summed E-state index contributed by atoms with van der Waals surface area (Å²) in [6.45, 7) is 8.00. The van der Waals surface area contributed by atoms with Gasteiger partial charge in [-0.15, -0.1) is 11.3 Å². The van der Waals surface area contributed by atoms with Crippen LogP contribution in [-0.4, -0.2) is 27.2 Å². The predicted octanol–water partition coefficient (Wildman–Crippen LogP) is 2.59. The van der Waals surface area contributed by atoms with Crippen LogP contribution in [0.3, 0.4) is 0 Å². The number of ether oxygens (including phenoxy) is 1. The molecule has 0 fully saturated rings. The molecule has 8 heteroatoms. The number of fused-ring (bicyclic) bond motifs is 1. The Morgan fingerprint density at radius 3 is 2.62 bits per heavy atom. The first-order valence-electron chi connectivity index (χ1n) is 9.43. The molecular formula is C21H25N3O4S. The Morgan fingerprint density at radius 2 is 1.93 bits per heavy atom. The van der Waals surface area contributed by atoms with E-state index in [-0.39, 0.29) is 24.6 Å². The summed E-state index contributed by atoms with van der Waals surface area (Å²) in [4.78, 5) is 38.5. The van der Waals surface area contributed by atoms with Gasteiger partial charge >= 0.3 is 5.69 Å². The van der Waals surface area contributed by atoms with E-state index in [4.69, 9.17) is 4.74 Å². The van der Waals surface area contributed by atoms with Gasteiger partial charge in [-0.3, -0.25) is 18.7 Å². The fraction of sp³-hybridized carbons (Fsp3) is 0.381. The number of nitrogens with zero attached hydrogens (tertiary/aromatic N) is 2. The summed E-state index contributed by atoms with van der Waals surface area (Å²) in [5.41, 5.74) is -0.0194. The van der Waals surface area contributed by atoms with Crippen molar-refractivity contribution >= 4 is 27.5 Å². The summed E-state index contributed by atoms with van der Waals surface area (Å²) in [5.74, 6) is 0.399. The molecule has 7 nitrogen and oxygen atoms in total. The molecule has 0 spiro atoms. The van der Waals surface area contributed by atoms with Crippen LogP contribution in [0.15, 0.2) is 45.3 Å². The molecule has 0 unspecified atom stereocenters. The zero-order chi connectivity index (χ0) is 21.2. The normalized spacial score (nSPS) is 11.6. The van der Waals surface area contributed by atoms with Gasteiger partial charge in [0, 0.05) is 5.54 Å². The third kappa shape index (κ3) is 4.76. The quantitative estimate of drug-likeness (QED) is 0.671. The molecule has 1 N–H and O–H groups in total. The van der Waals surface area contributed by atoms with Crippen LogP contribution in [0.25, 0.3) is 10.2 Å². The van der Waals surface area contributed by atoms with Crippen LogP contribution in [-0.2, 0) is 17.9 Å². The second-order valence-electron chi connectivity index (χ2n) is 7.77. The lowest BCUT2D eigenvalue weighted by molar-refractivity contribution is -0.123. The third-order valence-corrected chi connectivity index (χ3v) is 5.09. The van der Waals surface area contributed by atoms with Crippen LogP contribution < -0.4 is 21.3 Å². The number of hydrogen-bond acceptors (Lipinski definition) is 5. The highest BCUT2D eigenvalue weighted by atomic mass is 32.1. The summed E-state index contributed by atoms with van der Waals surface area (Å²) in [7, 11) is 0. The third-order valence-electron chi connectivity index (χ3n) is 4.20. The van der Waals surface area contributed by atoms with Gasteiger partial charge < -0.3 is 10.1 Å². The molecular weight excluding hydrogens is 390 g/mol. The molecule has 29 heavy (non-hydrogen) atoms. The van der Waals surface area contributed by atoms with Gasteiger partial charge in [0.1, 0.15) is 17.0 Å². The van der Waals surface area contributed by atoms with Crippen molar-refractivity contribution < 1.29 is 9.53 Å². The molecule has 3 rings (SSSR count). The number of thiophene rings is 1. The van der Waals surface area contributed by atoms with Crippen LogP contribution in [0.4, 0.5) is 0 Å². The first-order chi connectivity index (χ1) is 13.7. The Morgan fingerprint density at radius 1 is 1.17 bits per heavy atom. The van der Waals surface area contributed by atoms with Gasteiger partial charge in [0.25, 0.3) is 5.56 Å². The van der Waals surface area contributed by atoms with Gasteiger partial charge in [-0.25, -0.2) is 4.79 Å². The van der Waals surface area contributed by atoms with Gasteiger partial charge in [0.2, 0.25) is 5.91 Å². The molecule has 0 aliphatic rings. The number of nitrogens with one attached hydrogen (secondary N) is 1. The first-order valence-corrected chi connectivity index (χ1v) is 10.3. The zero-order valence-electron chi connectivity index (χ0n) is 17.0. The number of benzene rings is 1. The molecule has 2 heterocycles. The van der Waals surface area contributed by atoms with E-state index in [1.54, 1.807) is 11.4 Å². The lowest BCUT2D eigenvalue weighted by atomic mass is 10.1. The summed E-state index contributed by atoms with van der Waals surface area (Å²) >= 11 is 1.26. The Kier molecular flexibility index (Phi) is 5.93. The van der Waals surface area contributed by atoms with Crippen LogP contribution >= 0.6 is 11.3 Å². The van der Waals surface area contributed by atoms with Crippen molar-refractivity contribution in [3.8, 4) is 5.75 Å². The maximum Gasteiger partial charge on any atom is 0.332 e. The topological polar surface area (TPSA) is 82.3 Å². The molecule has 0 aliphatic carbocycles. The molecule has 0 atom stereocenters. The van der Waals surface area contributed by atoms with Crippen molar-refractivity contribution in [3.63, 3.8) is 0 Å². The SMILES string of the molecule is CCOc1cccc(Cn2c(=O)c3sccc3n(CC(=O)NC(C)(C)C)c2=O)c1. The minimum absolute atomic E-state index is 0.104. The Hall–Kier alpha value is -2.87. The lowest BCUT2D eigenvalue weighted by Gasteiger charge is -2.21. The van der Waals surface area contributed by atoms with Gasteiger partial charge in [-0.1, -0.05) is 12.1 Å². The van der Waals surface area contributed by atoms with E-state index in [2.05, 4.69) is 5.32 Å². The van der Waals surface area contributed by atoms with Gasteiger partial charge in [0.15, 0.2) is 0 Å². The van der Waals surface area contributed by atoms with Gasteiger partial charge in [-0.2, -0.15) is 0 Å². The van der Waals surface area contributed by atoms with E-state index in [1.165, 1.54) is 20.5 Å². The number of hydrogen-bond donors (Lipinski definition) is 1. The molecule has 0 bridgehead atoms. The summed E-state index contributed by atoms with van der Waals surface area (Å²) in [5, 5.41) is 4.61. The van der Waals surface area contributed by atoms with Gasteiger partial charge in [0.05, 0.1) is 18.7 Å². The Labute approximate surface area is 172 Å². The van der Waals surface area contributed by atoms with Gasteiger partial charge in [-0.05, 0) is 56.8 Å². The second kappa shape index (κ2) is 8.24. The Bertz CT molecular complexity index is 1150. The second-order valence-corrected chi connectivity index (χ2v) is 8.69. The van der Waals surface area contributed by atoms with E-state index in [0.717, 1.165) is 5.56 Å². The van der Waals surface area contributed by atoms with Crippen molar-refractivity contribution in [2.45, 2.75) is 46.3 Å². The number of amides is 1. The first kappa shape index (κ1) is 20.9. The highest BCUT2D eigenvalue weighted by Crippen LogP contribution is 2.17. The highest BCUT2D eigenvalue weighted by molar-refractivity contribution is 7.17. The fourth-order valence-corrected chi connectivity index (χ4v) is 3.95. The highest BCUT2D eigenvalue weighted by Gasteiger charge is 2.19. The molecule has 0 saturated carbocycles. The largest absolute Gasteiger partial charge is 0.494 e. The van der Waals surface area contributed by atoms with E-state index in [1.807, 2.05) is 52.0 Å².